The first-order chi connectivity index (χ1) is 30.7. The second kappa shape index (κ2) is 13.8. The number of thiophene rings is 1. The van der Waals surface area contributed by atoms with E-state index in [-0.39, 0.29) is 0 Å². The van der Waals surface area contributed by atoms with Gasteiger partial charge < -0.3 is 4.57 Å². The Labute approximate surface area is 360 Å². The molecule has 0 aliphatic carbocycles. The van der Waals surface area contributed by atoms with Crippen LogP contribution in [-0.2, 0) is 0 Å². The Hall–Kier alpha value is -7.99. The fourth-order valence-corrected chi connectivity index (χ4v) is 10.7. The second-order valence-corrected chi connectivity index (χ2v) is 17.0. The highest BCUT2D eigenvalue weighted by Gasteiger charge is 2.24. The maximum absolute atomic E-state index is 5.43. The minimum absolute atomic E-state index is 0.631. The van der Waals surface area contributed by atoms with E-state index < -0.39 is 0 Å². The molecule has 13 aromatic rings. The van der Waals surface area contributed by atoms with Crippen LogP contribution in [0.15, 0.2) is 206 Å². The molecular formula is C57H34N4S. The van der Waals surface area contributed by atoms with E-state index >= 15 is 0 Å². The highest BCUT2D eigenvalue weighted by molar-refractivity contribution is 7.25. The van der Waals surface area contributed by atoms with Crippen LogP contribution < -0.4 is 0 Å². The lowest BCUT2D eigenvalue weighted by atomic mass is 9.92. The van der Waals surface area contributed by atoms with Gasteiger partial charge >= 0.3 is 0 Å². The quantitative estimate of drug-likeness (QED) is 0.174. The van der Waals surface area contributed by atoms with Gasteiger partial charge in [-0.15, -0.1) is 11.3 Å². The van der Waals surface area contributed by atoms with Gasteiger partial charge in [0.15, 0.2) is 17.5 Å². The van der Waals surface area contributed by atoms with Crippen molar-refractivity contribution in [3.8, 4) is 51.0 Å². The maximum atomic E-state index is 5.43. The molecule has 0 fully saturated rings. The van der Waals surface area contributed by atoms with Crippen molar-refractivity contribution in [1.82, 2.24) is 19.5 Å². The molecule has 62 heavy (non-hydrogen) atoms. The van der Waals surface area contributed by atoms with Gasteiger partial charge in [0.2, 0.25) is 0 Å². The first kappa shape index (κ1) is 34.8. The van der Waals surface area contributed by atoms with Crippen molar-refractivity contribution in [3.05, 3.63) is 206 Å². The van der Waals surface area contributed by atoms with Crippen molar-refractivity contribution in [2.75, 3.05) is 0 Å². The van der Waals surface area contributed by atoms with Crippen LogP contribution in [0.3, 0.4) is 0 Å². The Morgan fingerprint density at radius 2 is 0.935 bits per heavy atom. The summed E-state index contributed by atoms with van der Waals surface area (Å²) in [5, 5.41) is 12.1. The van der Waals surface area contributed by atoms with Crippen molar-refractivity contribution in [1.29, 1.82) is 0 Å². The van der Waals surface area contributed by atoms with Crippen LogP contribution in [0.2, 0.25) is 0 Å². The van der Waals surface area contributed by atoms with Gasteiger partial charge in [0.1, 0.15) is 0 Å². The molecule has 0 aliphatic heterocycles. The number of benzene rings is 10. The minimum Gasteiger partial charge on any atom is -0.309 e. The molecule has 0 aliphatic rings. The minimum atomic E-state index is 0.631. The van der Waals surface area contributed by atoms with E-state index in [0.29, 0.717) is 17.5 Å². The molecule has 0 bridgehead atoms. The molecule has 3 heterocycles. The van der Waals surface area contributed by atoms with E-state index in [1.54, 1.807) is 11.3 Å². The highest BCUT2D eigenvalue weighted by atomic mass is 32.1. The summed E-state index contributed by atoms with van der Waals surface area (Å²) < 4.78 is 4.96. The average molecular weight is 807 g/mol. The summed E-state index contributed by atoms with van der Waals surface area (Å²) in [6.07, 6.45) is 0. The standard InChI is InChI=1S/C57H34N4S/c1-3-15-35(16-4-1)46-34-50(61-48-30-28-36-17-9-10-22-41(36)53(48)47-31-38-20-7-8-21-39(38)32-49(47)61)42-23-11-12-25-45(42)54(46)57-59-55(37-18-5-2-6-19-37)58-56(60-57)40-27-29-44-43-24-13-14-26-51(43)62-52(44)33-40/h1-34H. The van der Waals surface area contributed by atoms with E-state index in [4.69, 9.17) is 15.0 Å². The van der Waals surface area contributed by atoms with Crippen LogP contribution in [0.4, 0.5) is 0 Å². The topological polar surface area (TPSA) is 43.6 Å². The summed E-state index contributed by atoms with van der Waals surface area (Å²) in [5.41, 5.74) is 8.42. The molecule has 5 heteroatoms. The van der Waals surface area contributed by atoms with E-state index in [2.05, 4.69) is 193 Å². The van der Waals surface area contributed by atoms with Crippen LogP contribution in [0.25, 0.3) is 125 Å². The van der Waals surface area contributed by atoms with Gasteiger partial charge in [0.05, 0.1) is 16.7 Å². The van der Waals surface area contributed by atoms with Gasteiger partial charge in [0, 0.05) is 53.0 Å². The molecule has 13 rings (SSSR count). The predicted octanol–water partition coefficient (Wildman–Crippen LogP) is 15.5. The van der Waals surface area contributed by atoms with Gasteiger partial charge in [-0.05, 0) is 74.5 Å². The Bertz CT molecular complexity index is 3920. The van der Waals surface area contributed by atoms with Crippen molar-refractivity contribution < 1.29 is 0 Å². The Balaban J connectivity index is 1.13. The maximum Gasteiger partial charge on any atom is 0.165 e. The number of fused-ring (bicyclic) bond motifs is 10. The van der Waals surface area contributed by atoms with E-state index in [9.17, 15) is 0 Å². The SMILES string of the molecule is c1ccc(-c2nc(-c3ccc4c(c3)sc3ccccc34)nc(-c3c(-c4ccccc4)cc(-n4c5cc6ccccc6cc5c5c6ccccc6ccc54)c4ccccc34)n2)cc1. The van der Waals surface area contributed by atoms with Crippen LogP contribution in [0, 0.1) is 0 Å². The normalized spacial score (nSPS) is 11.9. The van der Waals surface area contributed by atoms with E-state index in [1.165, 1.54) is 52.5 Å². The molecule has 10 aromatic carbocycles. The molecule has 4 nitrogen and oxygen atoms in total. The first-order valence-corrected chi connectivity index (χ1v) is 21.7. The molecule has 0 spiro atoms. The Kier molecular flexibility index (Phi) is 7.74. The van der Waals surface area contributed by atoms with Crippen LogP contribution in [0.5, 0.6) is 0 Å². The summed E-state index contributed by atoms with van der Waals surface area (Å²) in [7, 11) is 0. The molecule has 288 valence electrons. The molecule has 0 atom stereocenters. The number of nitrogens with zero attached hydrogens (tertiary/aromatic N) is 4. The summed E-state index contributed by atoms with van der Waals surface area (Å²) >= 11 is 1.80. The lowest BCUT2D eigenvalue weighted by Gasteiger charge is -2.19. The van der Waals surface area contributed by atoms with Gasteiger partial charge in [-0.1, -0.05) is 170 Å². The molecular weight excluding hydrogens is 773 g/mol. The van der Waals surface area contributed by atoms with E-state index in [1.807, 2.05) is 18.2 Å². The third-order valence-electron chi connectivity index (χ3n) is 12.4. The fraction of sp³-hybridized carbons (Fsp3) is 0. The molecule has 0 N–H and O–H groups in total. The van der Waals surface area contributed by atoms with Crippen LogP contribution in [-0.4, -0.2) is 19.5 Å². The van der Waals surface area contributed by atoms with Crippen molar-refractivity contribution in [3.63, 3.8) is 0 Å². The molecule has 0 unspecified atom stereocenters. The summed E-state index contributed by atoms with van der Waals surface area (Å²) in [5.74, 6) is 1.91. The zero-order valence-corrected chi connectivity index (χ0v) is 34.1. The van der Waals surface area contributed by atoms with Gasteiger partial charge in [-0.3, -0.25) is 0 Å². The summed E-state index contributed by atoms with van der Waals surface area (Å²) in [4.78, 5) is 16.0. The third kappa shape index (κ3) is 5.42. The van der Waals surface area contributed by atoms with Crippen LogP contribution >= 0.6 is 11.3 Å². The Morgan fingerprint density at radius 1 is 0.339 bits per heavy atom. The third-order valence-corrected chi connectivity index (χ3v) is 13.5. The van der Waals surface area contributed by atoms with Crippen LogP contribution in [0.1, 0.15) is 0 Å². The van der Waals surface area contributed by atoms with Crippen molar-refractivity contribution in [2.24, 2.45) is 0 Å². The fourth-order valence-electron chi connectivity index (χ4n) is 9.56. The average Bonchev–Trinajstić information content (AvgIpc) is 3.88. The summed E-state index contributed by atoms with van der Waals surface area (Å²) in [6.45, 7) is 0. The van der Waals surface area contributed by atoms with E-state index in [0.717, 1.165) is 55.3 Å². The first-order valence-electron chi connectivity index (χ1n) is 20.9. The lowest BCUT2D eigenvalue weighted by molar-refractivity contribution is 1.08. The van der Waals surface area contributed by atoms with Gasteiger partial charge in [0.25, 0.3) is 0 Å². The zero-order valence-electron chi connectivity index (χ0n) is 33.3. The van der Waals surface area contributed by atoms with Gasteiger partial charge in [-0.2, -0.15) is 0 Å². The molecule has 3 aromatic heterocycles. The lowest BCUT2D eigenvalue weighted by Crippen LogP contribution is -2.03. The monoisotopic (exact) mass is 806 g/mol. The smallest absolute Gasteiger partial charge is 0.165 e. The number of rotatable bonds is 5. The zero-order chi connectivity index (χ0) is 40.7. The number of hydrogen-bond donors (Lipinski definition) is 0. The largest absolute Gasteiger partial charge is 0.309 e. The number of aromatic nitrogens is 4. The molecule has 0 saturated heterocycles. The molecule has 0 saturated carbocycles. The predicted molar refractivity (Wildman–Crippen MR) is 261 cm³/mol. The summed E-state index contributed by atoms with van der Waals surface area (Å²) in [6, 6.07) is 74.0. The molecule has 0 radical (unpaired) electrons. The molecule has 0 amide bonds. The second-order valence-electron chi connectivity index (χ2n) is 15.9. The van der Waals surface area contributed by atoms with Crippen molar-refractivity contribution >= 4 is 85.6 Å². The van der Waals surface area contributed by atoms with Crippen molar-refractivity contribution in [2.45, 2.75) is 0 Å². The highest BCUT2D eigenvalue weighted by Crippen LogP contribution is 2.45. The Morgan fingerprint density at radius 3 is 1.73 bits per heavy atom. The van der Waals surface area contributed by atoms with Gasteiger partial charge in [-0.25, -0.2) is 15.0 Å². The number of hydrogen-bond acceptors (Lipinski definition) is 4.